The van der Waals surface area contributed by atoms with Crippen molar-refractivity contribution in [2.75, 3.05) is 18.0 Å². The molecule has 1 aliphatic rings. The Morgan fingerprint density at radius 1 is 1.21 bits per heavy atom. The number of amides is 1. The van der Waals surface area contributed by atoms with Crippen LogP contribution in [0, 0.1) is 19.8 Å². The monoisotopic (exact) mass is 479 g/mol. The molecule has 0 radical (unpaired) electrons. The number of carbonyl (C=O) groups excluding carboxylic acids is 1. The first-order valence-corrected chi connectivity index (χ1v) is 12.4. The quantitative estimate of drug-likeness (QED) is 0.422. The van der Waals surface area contributed by atoms with Crippen molar-refractivity contribution in [3.8, 4) is 5.69 Å². The summed E-state index contributed by atoms with van der Waals surface area (Å²) in [5.41, 5.74) is 5.08. The van der Waals surface area contributed by atoms with E-state index in [1.54, 1.807) is 11.3 Å². The number of hydrogen-bond acceptors (Lipinski definition) is 5. The first kappa shape index (κ1) is 21.9. The van der Waals surface area contributed by atoms with Gasteiger partial charge in [0.05, 0.1) is 22.0 Å². The Bertz CT molecular complexity index is 1300. The van der Waals surface area contributed by atoms with E-state index in [1.165, 1.54) is 5.56 Å². The molecule has 0 saturated carbocycles. The third-order valence-electron chi connectivity index (χ3n) is 6.07. The Morgan fingerprint density at radius 2 is 2.03 bits per heavy atom. The van der Waals surface area contributed by atoms with Crippen molar-refractivity contribution in [3.63, 3.8) is 0 Å². The fourth-order valence-corrected chi connectivity index (χ4v) is 5.50. The van der Waals surface area contributed by atoms with E-state index in [0.717, 1.165) is 51.8 Å². The number of rotatable bonds is 5. The van der Waals surface area contributed by atoms with Gasteiger partial charge in [-0.1, -0.05) is 52.8 Å². The Morgan fingerprint density at radius 3 is 2.82 bits per heavy atom. The number of nitrogens with zero attached hydrogens (tertiary/aromatic N) is 4. The minimum atomic E-state index is -0.0559. The predicted octanol–water partition coefficient (Wildman–Crippen LogP) is 5.29. The molecule has 1 fully saturated rings. The summed E-state index contributed by atoms with van der Waals surface area (Å²) in [6.45, 7) is 6.17. The second kappa shape index (κ2) is 9.15. The van der Waals surface area contributed by atoms with Crippen LogP contribution in [0.2, 0.25) is 5.02 Å². The van der Waals surface area contributed by atoms with Crippen LogP contribution in [0.1, 0.15) is 29.7 Å². The SMILES string of the molecule is Cc1ccc(-n2nc(C)c3sc(N4CCC[C@@H](C(=O)NCc5cccc(Cl)c5)C4)nc32)cc1. The van der Waals surface area contributed by atoms with Crippen molar-refractivity contribution >= 4 is 44.3 Å². The van der Waals surface area contributed by atoms with Crippen molar-refractivity contribution in [1.82, 2.24) is 20.1 Å². The fraction of sp³-hybridized carbons (Fsp3) is 0.320. The average molecular weight is 480 g/mol. The second-order valence-electron chi connectivity index (χ2n) is 8.61. The Labute approximate surface area is 202 Å². The Balaban J connectivity index is 1.32. The molecule has 0 bridgehead atoms. The molecule has 2 aromatic carbocycles. The Hall–Kier alpha value is -2.90. The minimum Gasteiger partial charge on any atom is -0.352 e. The lowest BCUT2D eigenvalue weighted by Crippen LogP contribution is -2.43. The molecule has 3 heterocycles. The number of anilines is 1. The van der Waals surface area contributed by atoms with Gasteiger partial charge in [0.25, 0.3) is 0 Å². The summed E-state index contributed by atoms with van der Waals surface area (Å²) in [6.07, 6.45) is 1.85. The van der Waals surface area contributed by atoms with Crippen LogP contribution in [0.25, 0.3) is 16.0 Å². The molecule has 6 nitrogen and oxygen atoms in total. The van der Waals surface area contributed by atoms with Gasteiger partial charge in [0.2, 0.25) is 5.91 Å². The van der Waals surface area contributed by atoms with Gasteiger partial charge in [-0.25, -0.2) is 4.68 Å². The number of piperidine rings is 1. The molecule has 1 atom stereocenters. The highest BCUT2D eigenvalue weighted by Gasteiger charge is 2.28. The lowest BCUT2D eigenvalue weighted by molar-refractivity contribution is -0.125. The molecule has 33 heavy (non-hydrogen) atoms. The molecule has 1 N–H and O–H groups in total. The van der Waals surface area contributed by atoms with Gasteiger partial charge in [0.15, 0.2) is 10.8 Å². The molecule has 0 aliphatic carbocycles. The van der Waals surface area contributed by atoms with E-state index >= 15 is 0 Å². The minimum absolute atomic E-state index is 0.0559. The zero-order chi connectivity index (χ0) is 22.9. The standard InChI is InChI=1S/C25H26ClN5OS/c1-16-8-10-21(11-9-16)31-23-22(17(2)29-31)33-25(28-23)30-12-4-6-19(15-30)24(32)27-14-18-5-3-7-20(26)13-18/h3,5,7-11,13,19H,4,6,12,14-15H2,1-2H3,(H,27,32)/t19-/m1/s1. The lowest BCUT2D eigenvalue weighted by Gasteiger charge is -2.31. The number of hydrogen-bond donors (Lipinski definition) is 1. The molecule has 0 spiro atoms. The van der Waals surface area contributed by atoms with Crippen molar-refractivity contribution in [1.29, 1.82) is 0 Å². The summed E-state index contributed by atoms with van der Waals surface area (Å²) < 4.78 is 3.02. The zero-order valence-corrected chi connectivity index (χ0v) is 20.3. The van der Waals surface area contributed by atoms with E-state index < -0.39 is 0 Å². The number of nitrogens with one attached hydrogen (secondary N) is 1. The molecule has 5 rings (SSSR count). The molecule has 8 heteroatoms. The number of carbonyl (C=O) groups is 1. The second-order valence-corrected chi connectivity index (χ2v) is 10.0. The number of benzene rings is 2. The van der Waals surface area contributed by atoms with Crippen LogP contribution in [0.5, 0.6) is 0 Å². The first-order valence-electron chi connectivity index (χ1n) is 11.2. The third-order valence-corrected chi connectivity index (χ3v) is 7.52. The maximum Gasteiger partial charge on any atom is 0.225 e. The van der Waals surface area contributed by atoms with E-state index in [1.807, 2.05) is 35.9 Å². The molecule has 2 aromatic heterocycles. The molecular formula is C25H26ClN5OS. The van der Waals surface area contributed by atoms with Gasteiger partial charge < -0.3 is 10.2 Å². The molecule has 0 unspecified atom stereocenters. The van der Waals surface area contributed by atoms with Gasteiger partial charge in [-0.3, -0.25) is 4.79 Å². The van der Waals surface area contributed by atoms with Gasteiger partial charge in [-0.2, -0.15) is 10.1 Å². The van der Waals surface area contributed by atoms with E-state index in [4.69, 9.17) is 21.7 Å². The van der Waals surface area contributed by atoms with Crippen LogP contribution in [0.3, 0.4) is 0 Å². The fourth-order valence-electron chi connectivity index (χ4n) is 4.27. The smallest absolute Gasteiger partial charge is 0.225 e. The topological polar surface area (TPSA) is 63.1 Å². The van der Waals surface area contributed by atoms with Crippen LogP contribution >= 0.6 is 22.9 Å². The summed E-state index contributed by atoms with van der Waals surface area (Å²) in [4.78, 5) is 20.1. The van der Waals surface area contributed by atoms with Gasteiger partial charge in [-0.05, 0) is 56.5 Å². The highest BCUT2D eigenvalue weighted by Crippen LogP contribution is 2.34. The summed E-state index contributed by atoms with van der Waals surface area (Å²) in [6, 6.07) is 15.9. The van der Waals surface area contributed by atoms with E-state index in [2.05, 4.69) is 41.4 Å². The Kier molecular flexibility index (Phi) is 6.08. The van der Waals surface area contributed by atoms with Crippen molar-refractivity contribution in [2.24, 2.45) is 5.92 Å². The third kappa shape index (κ3) is 4.61. The van der Waals surface area contributed by atoms with E-state index in [-0.39, 0.29) is 11.8 Å². The van der Waals surface area contributed by atoms with Crippen LogP contribution in [0.4, 0.5) is 5.13 Å². The van der Waals surface area contributed by atoms with Crippen molar-refractivity contribution < 1.29 is 4.79 Å². The number of fused-ring (bicyclic) bond motifs is 1. The molecule has 1 saturated heterocycles. The molecular weight excluding hydrogens is 454 g/mol. The largest absolute Gasteiger partial charge is 0.352 e. The van der Waals surface area contributed by atoms with Crippen LogP contribution < -0.4 is 10.2 Å². The molecule has 1 amide bonds. The number of aromatic nitrogens is 3. The number of aryl methyl sites for hydroxylation is 2. The van der Waals surface area contributed by atoms with Crippen LogP contribution in [-0.4, -0.2) is 33.8 Å². The van der Waals surface area contributed by atoms with Gasteiger partial charge in [-0.15, -0.1) is 0 Å². The maximum atomic E-state index is 12.9. The molecule has 170 valence electrons. The van der Waals surface area contributed by atoms with Gasteiger partial charge >= 0.3 is 0 Å². The van der Waals surface area contributed by atoms with E-state index in [9.17, 15) is 4.79 Å². The summed E-state index contributed by atoms with van der Waals surface area (Å²) in [7, 11) is 0. The van der Waals surface area contributed by atoms with Gasteiger partial charge in [0.1, 0.15) is 0 Å². The first-order chi connectivity index (χ1) is 16.0. The van der Waals surface area contributed by atoms with Crippen molar-refractivity contribution in [2.45, 2.75) is 33.2 Å². The zero-order valence-electron chi connectivity index (χ0n) is 18.7. The predicted molar refractivity (Wildman–Crippen MR) is 134 cm³/mol. The summed E-state index contributed by atoms with van der Waals surface area (Å²) in [5, 5.41) is 9.43. The van der Waals surface area contributed by atoms with Gasteiger partial charge in [0, 0.05) is 24.7 Å². The lowest BCUT2D eigenvalue weighted by atomic mass is 9.97. The van der Waals surface area contributed by atoms with E-state index in [0.29, 0.717) is 18.1 Å². The highest BCUT2D eigenvalue weighted by atomic mass is 35.5. The molecule has 4 aromatic rings. The summed E-state index contributed by atoms with van der Waals surface area (Å²) in [5.74, 6) is 0.0300. The normalized spacial score (nSPS) is 16.3. The van der Waals surface area contributed by atoms with Crippen molar-refractivity contribution in [3.05, 3.63) is 70.4 Å². The highest BCUT2D eigenvalue weighted by molar-refractivity contribution is 7.22. The number of thiazole rings is 1. The van der Waals surface area contributed by atoms with Crippen LogP contribution in [0.15, 0.2) is 48.5 Å². The maximum absolute atomic E-state index is 12.9. The average Bonchev–Trinajstić information content (AvgIpc) is 3.39. The summed E-state index contributed by atoms with van der Waals surface area (Å²) >= 11 is 7.72. The number of halogens is 1. The van der Waals surface area contributed by atoms with Crippen LogP contribution in [-0.2, 0) is 11.3 Å². The molecule has 1 aliphatic heterocycles.